The van der Waals surface area contributed by atoms with Crippen LogP contribution in [0.5, 0.6) is 0 Å². The zero-order valence-electron chi connectivity index (χ0n) is 6.76. The topological polar surface area (TPSA) is 17.8 Å². The highest BCUT2D eigenvalue weighted by Crippen LogP contribution is 2.33. The summed E-state index contributed by atoms with van der Waals surface area (Å²) in [4.78, 5) is 0. The second kappa shape index (κ2) is 2.80. The van der Waals surface area contributed by atoms with Crippen molar-refractivity contribution in [3.63, 3.8) is 0 Å². The Labute approximate surface area is 68.0 Å². The fourth-order valence-electron chi connectivity index (χ4n) is 0.853. The van der Waals surface area contributed by atoms with Crippen molar-refractivity contribution in [2.45, 2.75) is 19.0 Å². The average Bonchev–Trinajstić information content (AvgIpc) is 2.32. The molecule has 1 unspecified atom stereocenters. The van der Waals surface area contributed by atoms with E-state index in [4.69, 9.17) is 0 Å². The van der Waals surface area contributed by atoms with Gasteiger partial charge in [-0.1, -0.05) is 0 Å². The summed E-state index contributed by atoms with van der Waals surface area (Å²) in [5, 5.41) is 3.67. The van der Waals surface area contributed by atoms with Crippen molar-refractivity contribution in [2.24, 2.45) is 7.05 Å². The second-order valence-corrected chi connectivity index (χ2v) is 2.71. The molecule has 0 aliphatic heterocycles. The molecule has 0 amide bonds. The Morgan fingerprint density at radius 1 is 1.50 bits per heavy atom. The Hall–Kier alpha value is -1.00. The van der Waals surface area contributed by atoms with Gasteiger partial charge in [-0.05, 0) is 6.92 Å². The van der Waals surface area contributed by atoms with Gasteiger partial charge in [-0.15, -0.1) is 0 Å². The van der Waals surface area contributed by atoms with Crippen LogP contribution in [-0.2, 0) is 7.05 Å². The molecule has 1 aromatic rings. The van der Waals surface area contributed by atoms with Gasteiger partial charge in [-0.3, -0.25) is 4.68 Å². The standard InChI is InChI=1S/C7H9F3N2/c1-5(7(8,9)10)6-3-11-12(2)4-6/h3-5H,1-2H3. The molecule has 1 atom stereocenters. The highest BCUT2D eigenvalue weighted by molar-refractivity contribution is 5.11. The van der Waals surface area contributed by atoms with E-state index in [1.807, 2.05) is 0 Å². The highest BCUT2D eigenvalue weighted by Gasteiger charge is 2.37. The van der Waals surface area contributed by atoms with Gasteiger partial charge in [0.2, 0.25) is 0 Å². The Kier molecular flexibility index (Phi) is 2.12. The molecular formula is C7H9F3N2. The second-order valence-electron chi connectivity index (χ2n) is 2.71. The maximum absolute atomic E-state index is 12.1. The summed E-state index contributed by atoms with van der Waals surface area (Å²) in [6, 6.07) is 0. The smallest absolute Gasteiger partial charge is 0.276 e. The zero-order chi connectivity index (χ0) is 9.35. The summed E-state index contributed by atoms with van der Waals surface area (Å²) in [6.07, 6.45) is -1.57. The van der Waals surface area contributed by atoms with E-state index in [0.717, 1.165) is 6.92 Å². The molecule has 0 saturated heterocycles. The molecule has 0 saturated carbocycles. The van der Waals surface area contributed by atoms with E-state index in [-0.39, 0.29) is 5.56 Å². The van der Waals surface area contributed by atoms with Gasteiger partial charge < -0.3 is 0 Å². The van der Waals surface area contributed by atoms with Crippen LogP contribution in [0.3, 0.4) is 0 Å². The molecule has 1 aromatic heterocycles. The third-order valence-corrected chi connectivity index (χ3v) is 1.72. The first-order valence-electron chi connectivity index (χ1n) is 3.46. The van der Waals surface area contributed by atoms with E-state index in [1.165, 1.54) is 17.1 Å². The lowest BCUT2D eigenvalue weighted by Gasteiger charge is -2.12. The van der Waals surface area contributed by atoms with Gasteiger partial charge in [-0.25, -0.2) is 0 Å². The number of nitrogens with zero attached hydrogens (tertiary/aromatic N) is 2. The molecule has 1 rings (SSSR count). The molecule has 0 fully saturated rings. The predicted molar refractivity (Wildman–Crippen MR) is 37.7 cm³/mol. The Balaban J connectivity index is 2.85. The molecule has 68 valence electrons. The van der Waals surface area contributed by atoms with Crippen LogP contribution in [-0.4, -0.2) is 16.0 Å². The van der Waals surface area contributed by atoms with E-state index >= 15 is 0 Å². The van der Waals surface area contributed by atoms with E-state index in [2.05, 4.69) is 5.10 Å². The molecule has 5 heteroatoms. The molecule has 0 bridgehead atoms. The van der Waals surface area contributed by atoms with Crippen LogP contribution in [0.25, 0.3) is 0 Å². The minimum absolute atomic E-state index is 0.199. The molecule has 0 spiro atoms. The van der Waals surface area contributed by atoms with Crippen LogP contribution in [0, 0.1) is 0 Å². The number of aromatic nitrogens is 2. The average molecular weight is 178 g/mol. The fraction of sp³-hybridized carbons (Fsp3) is 0.571. The predicted octanol–water partition coefficient (Wildman–Crippen LogP) is 2.09. The minimum atomic E-state index is -4.18. The lowest BCUT2D eigenvalue weighted by molar-refractivity contribution is -0.146. The molecule has 0 aromatic carbocycles. The van der Waals surface area contributed by atoms with Crippen LogP contribution in [0.1, 0.15) is 18.4 Å². The molecule has 1 heterocycles. The Bertz CT molecular complexity index is 264. The number of hydrogen-bond acceptors (Lipinski definition) is 1. The van der Waals surface area contributed by atoms with E-state index < -0.39 is 12.1 Å². The van der Waals surface area contributed by atoms with Gasteiger partial charge in [0, 0.05) is 18.8 Å². The minimum Gasteiger partial charge on any atom is -0.276 e. The lowest BCUT2D eigenvalue weighted by Crippen LogP contribution is -2.17. The van der Waals surface area contributed by atoms with Crippen molar-refractivity contribution < 1.29 is 13.2 Å². The third kappa shape index (κ3) is 1.78. The first-order chi connectivity index (χ1) is 5.41. The maximum atomic E-state index is 12.1. The summed E-state index contributed by atoms with van der Waals surface area (Å²) >= 11 is 0. The van der Waals surface area contributed by atoms with Crippen LogP contribution in [0.15, 0.2) is 12.4 Å². The van der Waals surface area contributed by atoms with Gasteiger partial charge in [-0.2, -0.15) is 18.3 Å². The SMILES string of the molecule is CC(c1cnn(C)c1)C(F)(F)F. The van der Waals surface area contributed by atoms with Crippen molar-refractivity contribution in [1.82, 2.24) is 9.78 Å². The van der Waals surface area contributed by atoms with Gasteiger partial charge in [0.15, 0.2) is 0 Å². The van der Waals surface area contributed by atoms with Crippen molar-refractivity contribution in [3.8, 4) is 0 Å². The summed E-state index contributed by atoms with van der Waals surface area (Å²) in [5.41, 5.74) is 0.199. The molecular weight excluding hydrogens is 169 g/mol. The normalized spacial score (nSPS) is 14.8. The van der Waals surface area contributed by atoms with Gasteiger partial charge in [0.05, 0.1) is 12.1 Å². The fourth-order valence-corrected chi connectivity index (χ4v) is 0.853. The van der Waals surface area contributed by atoms with Crippen molar-refractivity contribution in [2.75, 3.05) is 0 Å². The third-order valence-electron chi connectivity index (χ3n) is 1.72. The summed E-state index contributed by atoms with van der Waals surface area (Å²) in [7, 11) is 1.59. The van der Waals surface area contributed by atoms with Crippen LogP contribution >= 0.6 is 0 Å². The first kappa shape index (κ1) is 9.09. The van der Waals surface area contributed by atoms with Crippen molar-refractivity contribution >= 4 is 0 Å². The van der Waals surface area contributed by atoms with E-state index in [0.29, 0.717) is 0 Å². The molecule has 0 radical (unpaired) electrons. The lowest BCUT2D eigenvalue weighted by atomic mass is 10.1. The zero-order valence-corrected chi connectivity index (χ0v) is 6.76. The van der Waals surface area contributed by atoms with Gasteiger partial charge in [0.1, 0.15) is 0 Å². The van der Waals surface area contributed by atoms with E-state index in [1.54, 1.807) is 7.05 Å². The Morgan fingerprint density at radius 2 is 2.08 bits per heavy atom. The Morgan fingerprint density at radius 3 is 2.42 bits per heavy atom. The molecule has 12 heavy (non-hydrogen) atoms. The largest absolute Gasteiger partial charge is 0.395 e. The van der Waals surface area contributed by atoms with Gasteiger partial charge >= 0.3 is 6.18 Å². The molecule has 0 aliphatic rings. The summed E-state index contributed by atoms with van der Waals surface area (Å²) in [6.45, 7) is 1.12. The number of hydrogen-bond donors (Lipinski definition) is 0. The number of halogens is 3. The van der Waals surface area contributed by atoms with Crippen LogP contribution in [0.2, 0.25) is 0 Å². The number of aryl methyl sites for hydroxylation is 1. The summed E-state index contributed by atoms with van der Waals surface area (Å²) in [5.74, 6) is -1.44. The van der Waals surface area contributed by atoms with Crippen molar-refractivity contribution in [1.29, 1.82) is 0 Å². The molecule has 2 nitrogen and oxygen atoms in total. The number of alkyl halides is 3. The maximum Gasteiger partial charge on any atom is 0.395 e. The van der Waals surface area contributed by atoms with Gasteiger partial charge in [0.25, 0.3) is 0 Å². The van der Waals surface area contributed by atoms with Crippen LogP contribution < -0.4 is 0 Å². The molecule has 0 aliphatic carbocycles. The monoisotopic (exact) mass is 178 g/mol. The van der Waals surface area contributed by atoms with E-state index in [9.17, 15) is 13.2 Å². The quantitative estimate of drug-likeness (QED) is 0.643. The summed E-state index contributed by atoms with van der Waals surface area (Å²) < 4.78 is 37.7. The molecule has 0 N–H and O–H groups in total. The van der Waals surface area contributed by atoms with Crippen molar-refractivity contribution in [3.05, 3.63) is 18.0 Å². The highest BCUT2D eigenvalue weighted by atomic mass is 19.4. The number of rotatable bonds is 1. The van der Waals surface area contributed by atoms with Crippen LogP contribution in [0.4, 0.5) is 13.2 Å². The first-order valence-corrected chi connectivity index (χ1v) is 3.46.